The first-order valence-corrected chi connectivity index (χ1v) is 5.31. The van der Waals surface area contributed by atoms with Crippen LogP contribution in [0.5, 0.6) is 5.75 Å². The summed E-state index contributed by atoms with van der Waals surface area (Å²) in [7, 11) is 0. The summed E-state index contributed by atoms with van der Waals surface area (Å²) in [5, 5.41) is 9.71. The second-order valence-corrected chi connectivity index (χ2v) is 3.89. The summed E-state index contributed by atoms with van der Waals surface area (Å²) in [4.78, 5) is 0. The SMILES string of the molecule is OCc1c(Cl)cccc1OC1CCOC1. The number of hydrogen-bond acceptors (Lipinski definition) is 3. The van der Waals surface area contributed by atoms with Crippen LogP contribution in [0.25, 0.3) is 0 Å². The van der Waals surface area contributed by atoms with Gasteiger partial charge in [-0.15, -0.1) is 0 Å². The van der Waals surface area contributed by atoms with E-state index in [0.29, 0.717) is 22.9 Å². The summed E-state index contributed by atoms with van der Waals surface area (Å²) in [6.45, 7) is 1.24. The van der Waals surface area contributed by atoms with Gasteiger partial charge in [0.25, 0.3) is 0 Å². The molecule has 1 aromatic rings. The van der Waals surface area contributed by atoms with Gasteiger partial charge in [-0.1, -0.05) is 17.7 Å². The first kappa shape index (κ1) is 10.7. The van der Waals surface area contributed by atoms with Crippen LogP contribution in [0.15, 0.2) is 18.2 Å². The topological polar surface area (TPSA) is 38.7 Å². The first-order valence-electron chi connectivity index (χ1n) is 4.94. The van der Waals surface area contributed by atoms with E-state index >= 15 is 0 Å². The van der Waals surface area contributed by atoms with Crippen LogP contribution in [-0.2, 0) is 11.3 Å². The third-order valence-electron chi connectivity index (χ3n) is 2.42. The van der Waals surface area contributed by atoms with Crippen LogP contribution < -0.4 is 4.74 Å². The largest absolute Gasteiger partial charge is 0.488 e. The van der Waals surface area contributed by atoms with Gasteiger partial charge in [0, 0.05) is 17.0 Å². The summed E-state index contributed by atoms with van der Waals surface area (Å²) in [6, 6.07) is 5.37. The molecular formula is C11H13ClO3. The van der Waals surface area contributed by atoms with Crippen molar-refractivity contribution in [2.24, 2.45) is 0 Å². The molecule has 0 aromatic heterocycles. The Labute approximate surface area is 93.6 Å². The maximum Gasteiger partial charge on any atom is 0.126 e. The van der Waals surface area contributed by atoms with E-state index in [4.69, 9.17) is 21.1 Å². The molecule has 2 rings (SSSR count). The van der Waals surface area contributed by atoms with Crippen LogP contribution in [0.3, 0.4) is 0 Å². The highest BCUT2D eigenvalue weighted by Crippen LogP contribution is 2.28. The molecule has 0 bridgehead atoms. The van der Waals surface area contributed by atoms with Gasteiger partial charge in [-0.2, -0.15) is 0 Å². The van der Waals surface area contributed by atoms with Crippen molar-refractivity contribution >= 4 is 11.6 Å². The van der Waals surface area contributed by atoms with E-state index in [0.717, 1.165) is 13.0 Å². The second-order valence-electron chi connectivity index (χ2n) is 3.48. The van der Waals surface area contributed by atoms with Gasteiger partial charge in [-0.3, -0.25) is 0 Å². The van der Waals surface area contributed by atoms with Crippen molar-refractivity contribution in [2.75, 3.05) is 13.2 Å². The summed E-state index contributed by atoms with van der Waals surface area (Å²) >= 11 is 5.94. The predicted octanol–water partition coefficient (Wildman–Crippen LogP) is 2.00. The molecule has 3 nitrogen and oxygen atoms in total. The van der Waals surface area contributed by atoms with Crippen molar-refractivity contribution in [3.63, 3.8) is 0 Å². The molecule has 1 heterocycles. The van der Waals surface area contributed by atoms with Crippen molar-refractivity contribution in [3.8, 4) is 5.75 Å². The third-order valence-corrected chi connectivity index (χ3v) is 2.77. The lowest BCUT2D eigenvalue weighted by molar-refractivity contribution is 0.139. The fourth-order valence-electron chi connectivity index (χ4n) is 1.59. The minimum Gasteiger partial charge on any atom is -0.488 e. The van der Waals surface area contributed by atoms with Gasteiger partial charge < -0.3 is 14.6 Å². The molecular weight excluding hydrogens is 216 g/mol. The van der Waals surface area contributed by atoms with E-state index in [9.17, 15) is 5.11 Å². The highest BCUT2D eigenvalue weighted by atomic mass is 35.5. The normalized spacial score (nSPS) is 20.5. The minimum atomic E-state index is -0.109. The van der Waals surface area contributed by atoms with E-state index in [1.807, 2.05) is 12.1 Å². The molecule has 0 amide bonds. The van der Waals surface area contributed by atoms with Gasteiger partial charge >= 0.3 is 0 Å². The quantitative estimate of drug-likeness (QED) is 0.860. The standard InChI is InChI=1S/C11H13ClO3/c12-10-2-1-3-11(9(10)6-13)15-8-4-5-14-7-8/h1-3,8,13H,4-7H2. The molecule has 0 radical (unpaired) electrons. The van der Waals surface area contributed by atoms with Crippen molar-refractivity contribution < 1.29 is 14.6 Å². The van der Waals surface area contributed by atoms with E-state index in [-0.39, 0.29) is 12.7 Å². The lowest BCUT2D eigenvalue weighted by Gasteiger charge is -2.15. The Bertz CT molecular complexity index is 335. The number of rotatable bonds is 3. The number of aliphatic hydroxyl groups excluding tert-OH is 1. The zero-order valence-electron chi connectivity index (χ0n) is 8.28. The molecule has 4 heteroatoms. The van der Waals surface area contributed by atoms with E-state index in [2.05, 4.69) is 0 Å². The van der Waals surface area contributed by atoms with Gasteiger partial charge in [0.2, 0.25) is 0 Å². The van der Waals surface area contributed by atoms with Crippen LogP contribution in [0.1, 0.15) is 12.0 Å². The lowest BCUT2D eigenvalue weighted by atomic mass is 10.2. The average molecular weight is 229 g/mol. The van der Waals surface area contributed by atoms with E-state index in [1.165, 1.54) is 0 Å². The summed E-state index contributed by atoms with van der Waals surface area (Å²) in [6.07, 6.45) is 0.964. The van der Waals surface area contributed by atoms with Crippen LogP contribution in [0.2, 0.25) is 5.02 Å². The average Bonchev–Trinajstić information content (AvgIpc) is 2.71. The predicted molar refractivity (Wildman–Crippen MR) is 57.2 cm³/mol. The molecule has 15 heavy (non-hydrogen) atoms. The number of hydrogen-bond donors (Lipinski definition) is 1. The van der Waals surface area contributed by atoms with Crippen LogP contribution in [0, 0.1) is 0 Å². The maximum atomic E-state index is 9.18. The lowest BCUT2D eigenvalue weighted by Crippen LogP contribution is -2.16. The Morgan fingerprint density at radius 1 is 1.53 bits per heavy atom. The zero-order valence-corrected chi connectivity index (χ0v) is 9.04. The van der Waals surface area contributed by atoms with Crippen molar-refractivity contribution in [1.82, 2.24) is 0 Å². The molecule has 1 N–H and O–H groups in total. The minimum absolute atomic E-state index is 0.0776. The summed E-state index contributed by atoms with van der Waals surface area (Å²) in [5.74, 6) is 0.653. The van der Waals surface area contributed by atoms with Crippen LogP contribution in [-0.4, -0.2) is 24.4 Å². The second kappa shape index (κ2) is 4.84. The Balaban J connectivity index is 2.15. The molecule has 0 saturated carbocycles. The Hall–Kier alpha value is -0.770. The molecule has 82 valence electrons. The fourth-order valence-corrected chi connectivity index (χ4v) is 1.81. The molecule has 1 aliphatic heterocycles. The van der Waals surface area contributed by atoms with E-state index in [1.54, 1.807) is 6.07 Å². The molecule has 1 fully saturated rings. The Morgan fingerprint density at radius 2 is 2.40 bits per heavy atom. The van der Waals surface area contributed by atoms with Crippen LogP contribution in [0.4, 0.5) is 0 Å². The number of benzene rings is 1. The van der Waals surface area contributed by atoms with Gasteiger partial charge in [-0.05, 0) is 12.1 Å². The maximum absolute atomic E-state index is 9.18. The first-order chi connectivity index (χ1) is 7.31. The third kappa shape index (κ3) is 2.43. The van der Waals surface area contributed by atoms with E-state index < -0.39 is 0 Å². The molecule has 1 aliphatic rings. The molecule has 0 spiro atoms. The number of halogens is 1. The van der Waals surface area contributed by atoms with Gasteiger partial charge in [-0.25, -0.2) is 0 Å². The zero-order chi connectivity index (χ0) is 10.7. The van der Waals surface area contributed by atoms with Gasteiger partial charge in [0.1, 0.15) is 11.9 Å². The molecule has 1 atom stereocenters. The highest BCUT2D eigenvalue weighted by Gasteiger charge is 2.19. The van der Waals surface area contributed by atoms with Crippen molar-refractivity contribution in [1.29, 1.82) is 0 Å². The molecule has 1 unspecified atom stereocenters. The summed E-state index contributed by atoms with van der Waals surface area (Å²) < 4.78 is 10.9. The van der Waals surface area contributed by atoms with Crippen molar-refractivity contribution in [3.05, 3.63) is 28.8 Å². The molecule has 1 aromatic carbocycles. The smallest absolute Gasteiger partial charge is 0.126 e. The monoisotopic (exact) mass is 228 g/mol. The van der Waals surface area contributed by atoms with Gasteiger partial charge in [0.05, 0.1) is 19.8 Å². The summed E-state index contributed by atoms with van der Waals surface area (Å²) in [5.41, 5.74) is 0.645. The Kier molecular flexibility index (Phi) is 3.46. The van der Waals surface area contributed by atoms with Crippen LogP contribution >= 0.6 is 11.6 Å². The highest BCUT2D eigenvalue weighted by molar-refractivity contribution is 6.31. The molecule has 0 aliphatic carbocycles. The number of ether oxygens (including phenoxy) is 2. The van der Waals surface area contributed by atoms with Gasteiger partial charge in [0.15, 0.2) is 0 Å². The van der Waals surface area contributed by atoms with Crippen molar-refractivity contribution in [2.45, 2.75) is 19.1 Å². The fraction of sp³-hybridized carbons (Fsp3) is 0.455. The number of aliphatic hydroxyl groups is 1. The molecule has 1 saturated heterocycles. The Morgan fingerprint density at radius 3 is 3.07 bits per heavy atom.